The highest BCUT2D eigenvalue weighted by molar-refractivity contribution is 5.81. The maximum absolute atomic E-state index is 12.3. The lowest BCUT2D eigenvalue weighted by Crippen LogP contribution is -2.53. The molecule has 1 aliphatic heterocycles. The summed E-state index contributed by atoms with van der Waals surface area (Å²) in [6.07, 6.45) is 6.97. The summed E-state index contributed by atoms with van der Waals surface area (Å²) in [4.78, 5) is 34.6. The molecule has 194 valence electrons. The number of likely N-dealkylation sites (tertiary alicyclic amines) is 1. The maximum atomic E-state index is 12.3. The zero-order valence-electron chi connectivity index (χ0n) is 21.9. The third-order valence-electron chi connectivity index (χ3n) is 6.64. The van der Waals surface area contributed by atoms with Gasteiger partial charge in [0.1, 0.15) is 5.75 Å². The second-order valence-corrected chi connectivity index (χ2v) is 9.92. The van der Waals surface area contributed by atoms with Gasteiger partial charge in [0.25, 0.3) is 0 Å². The van der Waals surface area contributed by atoms with E-state index in [0.717, 1.165) is 41.0 Å². The van der Waals surface area contributed by atoms with Gasteiger partial charge in [-0.2, -0.15) is 0 Å². The number of benzene rings is 2. The van der Waals surface area contributed by atoms with E-state index in [1.54, 1.807) is 4.90 Å². The Morgan fingerprint density at radius 2 is 1.59 bits per heavy atom. The molecule has 0 N–H and O–H groups in total. The summed E-state index contributed by atoms with van der Waals surface area (Å²) in [7, 11) is 1.38. The smallest absolute Gasteiger partial charge is 0.312 e. The number of hydrogen-bond donors (Lipinski definition) is 0. The van der Waals surface area contributed by atoms with Crippen LogP contribution >= 0.6 is 0 Å². The van der Waals surface area contributed by atoms with Crippen molar-refractivity contribution in [2.45, 2.75) is 39.5 Å². The van der Waals surface area contributed by atoms with Crippen LogP contribution in [0, 0.1) is 11.8 Å². The van der Waals surface area contributed by atoms with Crippen molar-refractivity contribution in [3.05, 3.63) is 66.5 Å². The van der Waals surface area contributed by atoms with E-state index in [4.69, 9.17) is 9.47 Å². The van der Waals surface area contributed by atoms with E-state index in [-0.39, 0.29) is 17.8 Å². The average Bonchev–Trinajstić information content (AvgIpc) is 2.89. The van der Waals surface area contributed by atoms with Crippen LogP contribution in [0.25, 0.3) is 22.5 Å². The van der Waals surface area contributed by atoms with E-state index in [9.17, 15) is 9.59 Å². The number of rotatable bonds is 11. The van der Waals surface area contributed by atoms with E-state index >= 15 is 0 Å². The number of aromatic nitrogens is 2. The molecule has 0 bridgehead atoms. The summed E-state index contributed by atoms with van der Waals surface area (Å²) < 4.78 is 10.6. The highest BCUT2D eigenvalue weighted by Crippen LogP contribution is 2.24. The van der Waals surface area contributed by atoms with Gasteiger partial charge in [0.2, 0.25) is 5.91 Å². The fraction of sp³-hybridized carbons (Fsp3) is 0.400. The first kappa shape index (κ1) is 26.3. The van der Waals surface area contributed by atoms with E-state index in [0.29, 0.717) is 37.7 Å². The Labute approximate surface area is 218 Å². The van der Waals surface area contributed by atoms with E-state index in [2.05, 4.69) is 23.8 Å². The maximum Gasteiger partial charge on any atom is 0.312 e. The average molecular weight is 502 g/mol. The lowest BCUT2D eigenvalue weighted by atomic mass is 9.99. The first-order valence-corrected chi connectivity index (χ1v) is 12.9. The molecule has 7 nitrogen and oxygen atoms in total. The van der Waals surface area contributed by atoms with Crippen molar-refractivity contribution in [2.75, 3.05) is 26.8 Å². The number of methoxy groups -OCH3 is 1. The van der Waals surface area contributed by atoms with Crippen LogP contribution in [0.3, 0.4) is 0 Å². The second kappa shape index (κ2) is 12.5. The number of carbonyl (C=O) groups excluding carboxylic acids is 2. The van der Waals surface area contributed by atoms with Gasteiger partial charge in [-0.3, -0.25) is 9.59 Å². The molecule has 1 amide bonds. The van der Waals surface area contributed by atoms with Gasteiger partial charge >= 0.3 is 5.97 Å². The number of carbonyl (C=O) groups is 2. The largest absolute Gasteiger partial charge is 0.494 e. The van der Waals surface area contributed by atoms with Crippen LogP contribution in [0.2, 0.25) is 0 Å². The minimum atomic E-state index is -0.245. The first-order valence-electron chi connectivity index (χ1n) is 12.9. The van der Waals surface area contributed by atoms with E-state index in [1.165, 1.54) is 13.5 Å². The van der Waals surface area contributed by atoms with E-state index in [1.807, 2.05) is 60.9 Å². The van der Waals surface area contributed by atoms with Crippen molar-refractivity contribution in [3.63, 3.8) is 0 Å². The van der Waals surface area contributed by atoms with Crippen LogP contribution in [0.1, 0.15) is 38.7 Å². The first-order chi connectivity index (χ1) is 17.9. The number of aryl methyl sites for hydroxylation is 1. The van der Waals surface area contributed by atoms with Gasteiger partial charge in [-0.25, -0.2) is 9.97 Å². The lowest BCUT2D eigenvalue weighted by Gasteiger charge is -2.37. The number of nitrogens with zero attached hydrogens (tertiary/aromatic N) is 3. The Balaban J connectivity index is 1.26. The topological polar surface area (TPSA) is 81.6 Å². The third kappa shape index (κ3) is 7.15. The molecule has 0 atom stereocenters. The predicted octanol–water partition coefficient (Wildman–Crippen LogP) is 5.19. The Hall–Kier alpha value is -3.74. The van der Waals surface area contributed by atoms with Gasteiger partial charge < -0.3 is 14.4 Å². The molecule has 1 saturated heterocycles. The third-order valence-corrected chi connectivity index (χ3v) is 6.64. The van der Waals surface area contributed by atoms with Crippen molar-refractivity contribution in [2.24, 2.45) is 11.8 Å². The predicted molar refractivity (Wildman–Crippen MR) is 143 cm³/mol. The molecule has 2 heterocycles. The van der Waals surface area contributed by atoms with Crippen molar-refractivity contribution < 1.29 is 19.1 Å². The number of esters is 1. The summed E-state index contributed by atoms with van der Waals surface area (Å²) in [6, 6.07) is 16.0. The molecule has 0 aliphatic carbocycles. The molecular weight excluding hydrogens is 466 g/mol. The van der Waals surface area contributed by atoms with Crippen LogP contribution in [-0.4, -0.2) is 53.6 Å². The fourth-order valence-electron chi connectivity index (χ4n) is 4.28. The summed E-state index contributed by atoms with van der Waals surface area (Å²) in [5.41, 5.74) is 3.99. The van der Waals surface area contributed by atoms with Crippen molar-refractivity contribution in [3.8, 4) is 28.3 Å². The summed E-state index contributed by atoms with van der Waals surface area (Å²) in [5, 5.41) is 0. The quantitative estimate of drug-likeness (QED) is 0.266. The SMILES string of the molecule is COC(=O)C1CN(C(=O)CCc2ccc(-c3ncc(-c4ccc(OCCCC(C)C)cc4)cn3)cc2)C1. The number of ether oxygens (including phenoxy) is 2. The zero-order valence-corrected chi connectivity index (χ0v) is 21.9. The summed E-state index contributed by atoms with van der Waals surface area (Å²) >= 11 is 0. The Kier molecular flexibility index (Phi) is 8.88. The fourth-order valence-corrected chi connectivity index (χ4v) is 4.28. The summed E-state index contributed by atoms with van der Waals surface area (Å²) in [6.45, 7) is 6.09. The Morgan fingerprint density at radius 3 is 2.22 bits per heavy atom. The molecule has 1 fully saturated rings. The van der Waals surface area contributed by atoms with Crippen LogP contribution in [-0.2, 0) is 20.7 Å². The highest BCUT2D eigenvalue weighted by Gasteiger charge is 2.35. The summed E-state index contributed by atoms with van der Waals surface area (Å²) in [5.74, 6) is 1.87. The second-order valence-electron chi connectivity index (χ2n) is 9.92. The van der Waals surface area contributed by atoms with Crippen LogP contribution in [0.5, 0.6) is 5.75 Å². The number of amides is 1. The minimum Gasteiger partial charge on any atom is -0.494 e. The molecule has 1 aromatic heterocycles. The molecule has 7 heteroatoms. The van der Waals surface area contributed by atoms with Crippen LogP contribution in [0.4, 0.5) is 0 Å². The lowest BCUT2D eigenvalue weighted by molar-refractivity contribution is -0.155. The van der Waals surface area contributed by atoms with Gasteiger partial charge in [0.05, 0.1) is 19.6 Å². The molecule has 4 rings (SSSR count). The molecule has 2 aromatic carbocycles. The van der Waals surface area contributed by atoms with Crippen molar-refractivity contribution in [1.29, 1.82) is 0 Å². The molecule has 37 heavy (non-hydrogen) atoms. The van der Waals surface area contributed by atoms with Gasteiger partial charge in [-0.15, -0.1) is 0 Å². The van der Waals surface area contributed by atoms with Crippen molar-refractivity contribution in [1.82, 2.24) is 14.9 Å². The highest BCUT2D eigenvalue weighted by atomic mass is 16.5. The minimum absolute atomic E-state index is 0.0638. The van der Waals surface area contributed by atoms with Crippen LogP contribution in [0.15, 0.2) is 60.9 Å². The van der Waals surface area contributed by atoms with Crippen LogP contribution < -0.4 is 4.74 Å². The molecule has 0 saturated carbocycles. The standard InChI is InChI=1S/C30H35N3O4/c1-21(2)5-4-16-37-27-13-11-23(12-14-27)25-17-31-29(32-18-25)24-9-6-22(7-10-24)8-15-28(34)33-19-26(20-33)30(35)36-3/h6-7,9-14,17-18,21,26H,4-5,8,15-16,19-20H2,1-3H3. The molecule has 1 aliphatic rings. The van der Waals surface area contributed by atoms with Crippen molar-refractivity contribution >= 4 is 11.9 Å². The zero-order chi connectivity index (χ0) is 26.2. The molecule has 3 aromatic rings. The monoisotopic (exact) mass is 501 g/mol. The van der Waals surface area contributed by atoms with Gasteiger partial charge in [-0.1, -0.05) is 50.2 Å². The normalized spacial score (nSPS) is 13.4. The van der Waals surface area contributed by atoms with Gasteiger partial charge in [0.15, 0.2) is 5.82 Å². The molecule has 0 unspecified atom stereocenters. The Bertz CT molecular complexity index is 1170. The molecular formula is C30H35N3O4. The molecule has 0 spiro atoms. The van der Waals surface area contributed by atoms with Gasteiger partial charge in [-0.05, 0) is 48.4 Å². The van der Waals surface area contributed by atoms with E-state index < -0.39 is 0 Å². The Morgan fingerprint density at radius 1 is 0.946 bits per heavy atom. The van der Waals surface area contributed by atoms with Gasteiger partial charge in [0, 0.05) is 43.0 Å². The molecule has 0 radical (unpaired) electrons. The number of hydrogen-bond acceptors (Lipinski definition) is 6.